The second-order valence-electron chi connectivity index (χ2n) is 3.51. The van der Waals surface area contributed by atoms with E-state index in [1.54, 1.807) is 24.3 Å². The van der Waals surface area contributed by atoms with E-state index in [0.29, 0.717) is 21.5 Å². The first-order valence-corrected chi connectivity index (χ1v) is 6.69. The summed E-state index contributed by atoms with van der Waals surface area (Å²) in [7, 11) is 0. The minimum absolute atomic E-state index is 0.327. The van der Waals surface area contributed by atoms with Crippen LogP contribution in [-0.4, -0.2) is 5.91 Å². The molecule has 0 bridgehead atoms. The zero-order valence-electron chi connectivity index (χ0n) is 9.19. The van der Waals surface area contributed by atoms with E-state index in [1.165, 1.54) is 0 Å². The second-order valence-corrected chi connectivity index (χ2v) is 5.22. The van der Waals surface area contributed by atoms with Crippen LogP contribution in [0.15, 0.2) is 51.4 Å². The first-order chi connectivity index (χ1) is 8.59. The number of para-hydroxylation sites is 1. The average Bonchev–Trinajstić information content (AvgIpc) is 2.31. The lowest BCUT2D eigenvalue weighted by Gasteiger charge is -2.11. The molecule has 0 heterocycles. The normalized spacial score (nSPS) is 10.1. The van der Waals surface area contributed by atoms with Gasteiger partial charge >= 0.3 is 0 Å². The maximum absolute atomic E-state index is 11.4. The number of hydrogen-bond acceptors (Lipinski definition) is 2. The molecule has 0 aliphatic rings. The van der Waals surface area contributed by atoms with Gasteiger partial charge in [0.25, 0.3) is 5.91 Å². The molecule has 0 spiro atoms. The van der Waals surface area contributed by atoms with Crippen LogP contribution in [0.25, 0.3) is 0 Å². The van der Waals surface area contributed by atoms with Gasteiger partial charge in [0, 0.05) is 4.47 Å². The summed E-state index contributed by atoms with van der Waals surface area (Å²) in [5, 5.41) is 0. The van der Waals surface area contributed by atoms with Gasteiger partial charge in [0.2, 0.25) is 0 Å². The summed E-state index contributed by atoms with van der Waals surface area (Å²) in [5.41, 5.74) is 5.67. The first kappa shape index (κ1) is 13.1. The van der Waals surface area contributed by atoms with Crippen molar-refractivity contribution in [3.63, 3.8) is 0 Å². The fourth-order valence-corrected chi connectivity index (χ4v) is 2.38. The molecule has 0 saturated carbocycles. The van der Waals surface area contributed by atoms with Gasteiger partial charge in [0.15, 0.2) is 0 Å². The Morgan fingerprint density at radius 3 is 2.22 bits per heavy atom. The monoisotopic (exact) mass is 369 g/mol. The van der Waals surface area contributed by atoms with Gasteiger partial charge in [0.05, 0.1) is 10.0 Å². The van der Waals surface area contributed by atoms with Gasteiger partial charge in [-0.1, -0.05) is 18.2 Å². The molecule has 2 N–H and O–H groups in total. The first-order valence-electron chi connectivity index (χ1n) is 5.10. The van der Waals surface area contributed by atoms with Gasteiger partial charge in [-0.25, -0.2) is 0 Å². The highest BCUT2D eigenvalue weighted by atomic mass is 79.9. The van der Waals surface area contributed by atoms with Crippen LogP contribution in [0.3, 0.4) is 0 Å². The summed E-state index contributed by atoms with van der Waals surface area (Å²) in [6.45, 7) is 0. The molecule has 3 nitrogen and oxygen atoms in total. The topological polar surface area (TPSA) is 52.3 Å². The highest BCUT2D eigenvalue weighted by molar-refractivity contribution is 9.10. The maximum atomic E-state index is 11.4. The van der Waals surface area contributed by atoms with Crippen molar-refractivity contribution in [3.05, 3.63) is 57.0 Å². The quantitative estimate of drug-likeness (QED) is 0.884. The zero-order valence-corrected chi connectivity index (χ0v) is 12.4. The van der Waals surface area contributed by atoms with Crippen molar-refractivity contribution in [2.75, 3.05) is 0 Å². The van der Waals surface area contributed by atoms with Crippen LogP contribution in [0.1, 0.15) is 10.4 Å². The van der Waals surface area contributed by atoms with E-state index in [1.807, 2.05) is 18.2 Å². The van der Waals surface area contributed by atoms with Crippen LogP contribution in [0.4, 0.5) is 0 Å². The number of primary amides is 1. The lowest BCUT2D eigenvalue weighted by atomic mass is 10.2. The Hall–Kier alpha value is -1.33. The SMILES string of the molecule is NC(=O)c1c(Br)cccc1Oc1ccccc1Br. The van der Waals surface area contributed by atoms with Crippen LogP contribution in [0.2, 0.25) is 0 Å². The lowest BCUT2D eigenvalue weighted by molar-refractivity contribution is 0.0997. The van der Waals surface area contributed by atoms with Gasteiger partial charge in [0.1, 0.15) is 11.5 Å². The number of amides is 1. The predicted molar refractivity (Wildman–Crippen MR) is 76.9 cm³/mol. The van der Waals surface area contributed by atoms with Crippen molar-refractivity contribution < 1.29 is 9.53 Å². The zero-order chi connectivity index (χ0) is 13.1. The molecule has 0 fully saturated rings. The van der Waals surface area contributed by atoms with Crippen LogP contribution in [0.5, 0.6) is 11.5 Å². The largest absolute Gasteiger partial charge is 0.455 e. The number of rotatable bonds is 3. The molecule has 0 aliphatic carbocycles. The summed E-state index contributed by atoms with van der Waals surface area (Å²) >= 11 is 6.67. The molecule has 92 valence electrons. The van der Waals surface area contributed by atoms with Crippen LogP contribution in [-0.2, 0) is 0 Å². The molecular formula is C13H9Br2NO2. The Morgan fingerprint density at radius 1 is 0.944 bits per heavy atom. The third kappa shape index (κ3) is 2.73. The van der Waals surface area contributed by atoms with Crippen molar-refractivity contribution in [1.82, 2.24) is 0 Å². The lowest BCUT2D eigenvalue weighted by Crippen LogP contribution is -2.13. The van der Waals surface area contributed by atoms with E-state index in [9.17, 15) is 4.79 Å². The highest BCUT2D eigenvalue weighted by Gasteiger charge is 2.14. The van der Waals surface area contributed by atoms with Gasteiger partial charge in [-0.05, 0) is 56.1 Å². The Morgan fingerprint density at radius 2 is 1.56 bits per heavy atom. The molecule has 0 aliphatic heterocycles. The molecule has 0 unspecified atom stereocenters. The summed E-state index contributed by atoms with van der Waals surface area (Å²) in [5.74, 6) is 0.506. The van der Waals surface area contributed by atoms with E-state index in [2.05, 4.69) is 31.9 Å². The van der Waals surface area contributed by atoms with Gasteiger partial charge in [-0.2, -0.15) is 0 Å². The molecule has 2 rings (SSSR count). The Bertz CT molecular complexity index is 599. The Kier molecular flexibility index (Phi) is 4.04. The Labute approximate surface area is 121 Å². The number of nitrogens with two attached hydrogens (primary N) is 1. The maximum Gasteiger partial charge on any atom is 0.253 e. The van der Waals surface area contributed by atoms with Gasteiger partial charge in [-0.3, -0.25) is 4.79 Å². The Balaban J connectivity index is 2.44. The summed E-state index contributed by atoms with van der Waals surface area (Å²) in [6, 6.07) is 12.6. The van der Waals surface area contributed by atoms with Crippen molar-refractivity contribution in [2.45, 2.75) is 0 Å². The smallest absolute Gasteiger partial charge is 0.253 e. The number of hydrogen-bond donors (Lipinski definition) is 1. The molecule has 0 aromatic heterocycles. The van der Waals surface area contributed by atoms with Gasteiger partial charge < -0.3 is 10.5 Å². The molecule has 0 atom stereocenters. The number of ether oxygens (including phenoxy) is 1. The number of carbonyl (C=O) groups excluding carboxylic acids is 1. The summed E-state index contributed by atoms with van der Waals surface area (Å²) < 4.78 is 7.12. The fourth-order valence-electron chi connectivity index (χ4n) is 1.47. The van der Waals surface area contributed by atoms with E-state index in [4.69, 9.17) is 10.5 Å². The van der Waals surface area contributed by atoms with Gasteiger partial charge in [-0.15, -0.1) is 0 Å². The average molecular weight is 371 g/mol. The van der Waals surface area contributed by atoms with E-state index >= 15 is 0 Å². The van der Waals surface area contributed by atoms with E-state index < -0.39 is 5.91 Å². The molecule has 2 aromatic rings. The molecule has 0 radical (unpaired) electrons. The molecular weight excluding hydrogens is 362 g/mol. The van der Waals surface area contributed by atoms with E-state index in [-0.39, 0.29) is 0 Å². The molecule has 0 saturated heterocycles. The highest BCUT2D eigenvalue weighted by Crippen LogP contribution is 2.33. The van der Waals surface area contributed by atoms with Crippen molar-refractivity contribution >= 4 is 37.8 Å². The minimum atomic E-state index is -0.537. The van der Waals surface area contributed by atoms with E-state index in [0.717, 1.165) is 4.47 Å². The second kappa shape index (κ2) is 5.54. The summed E-state index contributed by atoms with van der Waals surface area (Å²) in [6.07, 6.45) is 0. The van der Waals surface area contributed by atoms with Crippen LogP contribution >= 0.6 is 31.9 Å². The minimum Gasteiger partial charge on any atom is -0.455 e. The summed E-state index contributed by atoms with van der Waals surface area (Å²) in [4.78, 5) is 11.4. The van der Waals surface area contributed by atoms with Crippen molar-refractivity contribution in [3.8, 4) is 11.5 Å². The molecule has 2 aromatic carbocycles. The number of carbonyl (C=O) groups is 1. The standard InChI is InChI=1S/C13H9Br2NO2/c14-8-4-1-2-6-10(8)18-11-7-3-5-9(15)12(11)13(16)17/h1-7H,(H2,16,17). The predicted octanol–water partition coefficient (Wildman–Crippen LogP) is 4.10. The van der Waals surface area contributed by atoms with Crippen LogP contribution in [0, 0.1) is 0 Å². The molecule has 5 heteroatoms. The fraction of sp³-hybridized carbons (Fsp3) is 0. The molecule has 18 heavy (non-hydrogen) atoms. The number of halogens is 2. The number of benzene rings is 2. The third-order valence-corrected chi connectivity index (χ3v) is 3.59. The van der Waals surface area contributed by atoms with Crippen molar-refractivity contribution in [2.24, 2.45) is 5.73 Å². The van der Waals surface area contributed by atoms with Crippen molar-refractivity contribution in [1.29, 1.82) is 0 Å². The van der Waals surface area contributed by atoms with Crippen LogP contribution < -0.4 is 10.5 Å². The third-order valence-electron chi connectivity index (χ3n) is 2.28. The molecule has 1 amide bonds.